The van der Waals surface area contributed by atoms with Gasteiger partial charge in [-0.1, -0.05) is 37.3 Å². The Labute approximate surface area is 123 Å². The molecule has 0 radical (unpaired) electrons. The first-order chi connectivity index (χ1) is 9.72. The molecule has 104 valence electrons. The Bertz CT molecular complexity index is 557. The van der Waals surface area contributed by atoms with E-state index in [1.807, 2.05) is 36.4 Å². The number of likely N-dealkylation sites (tertiary alicyclic amines) is 1. The lowest BCUT2D eigenvalue weighted by molar-refractivity contribution is -0.113. The van der Waals surface area contributed by atoms with Crippen LogP contribution in [0.1, 0.15) is 25.3 Å². The summed E-state index contributed by atoms with van der Waals surface area (Å²) >= 11 is 1.51. The highest BCUT2D eigenvalue weighted by Gasteiger charge is 2.27. The van der Waals surface area contributed by atoms with Crippen LogP contribution in [-0.4, -0.2) is 29.1 Å². The number of nitrogens with zero attached hydrogens (tertiary/aromatic N) is 2. The number of hydrogen-bond donors (Lipinski definition) is 0. The van der Waals surface area contributed by atoms with Crippen LogP contribution in [-0.2, 0) is 4.79 Å². The Balaban J connectivity index is 1.71. The van der Waals surface area contributed by atoms with E-state index in [2.05, 4.69) is 16.8 Å². The number of thioether (sulfide) groups is 1. The highest BCUT2D eigenvalue weighted by molar-refractivity contribution is 8.18. The summed E-state index contributed by atoms with van der Waals surface area (Å²) < 4.78 is 0. The predicted octanol–water partition coefficient (Wildman–Crippen LogP) is 3.39. The zero-order valence-corrected chi connectivity index (χ0v) is 12.4. The summed E-state index contributed by atoms with van der Waals surface area (Å²) in [6, 6.07) is 9.93. The summed E-state index contributed by atoms with van der Waals surface area (Å²) in [5.41, 5.74) is 1.05. The first kappa shape index (κ1) is 13.4. The summed E-state index contributed by atoms with van der Waals surface area (Å²) in [6.07, 6.45) is 4.30. The largest absolute Gasteiger partial charge is 0.351 e. The number of carbonyl (C=O) groups is 1. The molecule has 1 saturated heterocycles. The van der Waals surface area contributed by atoms with Gasteiger partial charge in [-0.05, 0) is 42.2 Å². The van der Waals surface area contributed by atoms with E-state index in [-0.39, 0.29) is 5.91 Å². The topological polar surface area (TPSA) is 32.7 Å². The van der Waals surface area contributed by atoms with E-state index in [1.165, 1.54) is 24.6 Å². The van der Waals surface area contributed by atoms with Gasteiger partial charge in [-0.3, -0.25) is 4.79 Å². The van der Waals surface area contributed by atoms with E-state index in [9.17, 15) is 4.79 Å². The zero-order chi connectivity index (χ0) is 13.9. The van der Waals surface area contributed by atoms with Gasteiger partial charge in [-0.2, -0.15) is 4.99 Å². The van der Waals surface area contributed by atoms with Crippen molar-refractivity contribution in [2.24, 2.45) is 10.9 Å². The Hall–Kier alpha value is -1.55. The fourth-order valence-electron chi connectivity index (χ4n) is 2.43. The molecule has 0 spiro atoms. The van der Waals surface area contributed by atoms with Crippen LogP contribution in [0.5, 0.6) is 0 Å². The minimum absolute atomic E-state index is 0.104. The normalized spacial score (nSPS) is 22.4. The third-order valence-electron chi connectivity index (χ3n) is 3.76. The summed E-state index contributed by atoms with van der Waals surface area (Å²) in [7, 11) is 0. The molecule has 0 saturated carbocycles. The lowest BCUT2D eigenvalue weighted by Gasteiger charge is -2.30. The molecule has 3 rings (SSSR count). The SMILES string of the molecule is CC1CCN(C2=NC(=O)C(=Cc3ccccc3)S2)CC1. The smallest absolute Gasteiger partial charge is 0.286 e. The molecule has 0 aromatic heterocycles. The number of rotatable bonds is 1. The average Bonchev–Trinajstić information content (AvgIpc) is 2.82. The fraction of sp³-hybridized carbons (Fsp3) is 0.375. The Morgan fingerprint density at radius 1 is 1.25 bits per heavy atom. The van der Waals surface area contributed by atoms with Crippen LogP contribution in [0.25, 0.3) is 6.08 Å². The predicted molar refractivity (Wildman–Crippen MR) is 84.4 cm³/mol. The van der Waals surface area contributed by atoms with Crippen LogP contribution in [0.15, 0.2) is 40.2 Å². The minimum Gasteiger partial charge on any atom is -0.351 e. The second-order valence-electron chi connectivity index (χ2n) is 5.39. The van der Waals surface area contributed by atoms with Crippen molar-refractivity contribution in [1.29, 1.82) is 0 Å². The fourth-order valence-corrected chi connectivity index (χ4v) is 3.40. The lowest BCUT2D eigenvalue weighted by atomic mass is 10.00. The van der Waals surface area contributed by atoms with Gasteiger partial charge in [0.25, 0.3) is 5.91 Å². The number of carbonyl (C=O) groups excluding carboxylic acids is 1. The van der Waals surface area contributed by atoms with Crippen LogP contribution >= 0.6 is 11.8 Å². The van der Waals surface area contributed by atoms with Crippen molar-refractivity contribution < 1.29 is 4.79 Å². The van der Waals surface area contributed by atoms with Crippen molar-refractivity contribution >= 4 is 28.9 Å². The van der Waals surface area contributed by atoms with Crippen LogP contribution < -0.4 is 0 Å². The highest BCUT2D eigenvalue weighted by atomic mass is 32.2. The first-order valence-corrected chi connectivity index (χ1v) is 7.86. The maximum atomic E-state index is 12.0. The van der Waals surface area contributed by atoms with Gasteiger partial charge in [0.15, 0.2) is 5.17 Å². The molecule has 2 aliphatic heterocycles. The number of benzene rings is 1. The molecule has 1 amide bonds. The molecule has 0 atom stereocenters. The second-order valence-corrected chi connectivity index (χ2v) is 6.40. The van der Waals surface area contributed by atoms with Crippen molar-refractivity contribution in [2.75, 3.05) is 13.1 Å². The lowest BCUT2D eigenvalue weighted by Crippen LogP contribution is -2.35. The molecule has 1 fully saturated rings. The van der Waals surface area contributed by atoms with Crippen LogP contribution in [0.4, 0.5) is 0 Å². The van der Waals surface area contributed by atoms with Gasteiger partial charge in [-0.15, -0.1) is 0 Å². The van der Waals surface area contributed by atoms with Crippen molar-refractivity contribution in [2.45, 2.75) is 19.8 Å². The van der Waals surface area contributed by atoms with Crippen LogP contribution in [0.3, 0.4) is 0 Å². The van der Waals surface area contributed by atoms with Gasteiger partial charge in [0.1, 0.15) is 0 Å². The molecular formula is C16H18N2OS. The molecule has 3 nitrogen and oxygen atoms in total. The summed E-state index contributed by atoms with van der Waals surface area (Å²) in [4.78, 5) is 19.2. The van der Waals surface area contributed by atoms with Crippen molar-refractivity contribution in [1.82, 2.24) is 4.90 Å². The molecule has 20 heavy (non-hydrogen) atoms. The first-order valence-electron chi connectivity index (χ1n) is 7.05. The standard InChI is InChI=1S/C16H18N2OS/c1-12-7-9-18(10-8-12)16-17-15(19)14(20-16)11-13-5-3-2-4-6-13/h2-6,11-12H,7-10H2,1H3. The van der Waals surface area contributed by atoms with Crippen molar-refractivity contribution in [3.8, 4) is 0 Å². The summed E-state index contributed by atoms with van der Waals surface area (Å²) in [6.45, 7) is 4.31. The van der Waals surface area contributed by atoms with E-state index >= 15 is 0 Å². The highest BCUT2D eigenvalue weighted by Crippen LogP contribution is 2.31. The van der Waals surface area contributed by atoms with E-state index < -0.39 is 0 Å². The molecule has 1 aromatic rings. The van der Waals surface area contributed by atoms with Gasteiger partial charge in [0, 0.05) is 13.1 Å². The van der Waals surface area contributed by atoms with Crippen LogP contribution in [0, 0.1) is 5.92 Å². The van der Waals surface area contributed by atoms with Crippen molar-refractivity contribution in [3.63, 3.8) is 0 Å². The minimum atomic E-state index is -0.104. The van der Waals surface area contributed by atoms with E-state index in [0.29, 0.717) is 0 Å². The summed E-state index contributed by atoms with van der Waals surface area (Å²) in [5.74, 6) is 0.681. The number of amides is 1. The molecule has 0 bridgehead atoms. The molecule has 4 heteroatoms. The maximum absolute atomic E-state index is 12.0. The number of aliphatic imine (C=N–C) groups is 1. The maximum Gasteiger partial charge on any atom is 0.286 e. The number of piperidine rings is 1. The monoisotopic (exact) mass is 286 g/mol. The number of hydrogen-bond acceptors (Lipinski definition) is 3. The van der Waals surface area contributed by atoms with Gasteiger partial charge in [-0.25, -0.2) is 0 Å². The summed E-state index contributed by atoms with van der Waals surface area (Å²) in [5, 5.41) is 0.879. The molecule has 2 aliphatic rings. The quantitative estimate of drug-likeness (QED) is 0.742. The third-order valence-corrected chi connectivity index (χ3v) is 4.81. The van der Waals surface area contributed by atoms with Gasteiger partial charge in [0.05, 0.1) is 4.91 Å². The van der Waals surface area contributed by atoms with Gasteiger partial charge >= 0.3 is 0 Å². The number of amidine groups is 1. The molecular weight excluding hydrogens is 268 g/mol. The Kier molecular flexibility index (Phi) is 3.92. The zero-order valence-electron chi connectivity index (χ0n) is 11.6. The molecule has 0 unspecified atom stereocenters. The molecule has 0 aliphatic carbocycles. The van der Waals surface area contributed by atoms with Crippen LogP contribution in [0.2, 0.25) is 0 Å². The second kappa shape index (κ2) is 5.83. The molecule has 1 aromatic carbocycles. The third kappa shape index (κ3) is 2.96. The van der Waals surface area contributed by atoms with E-state index in [4.69, 9.17) is 0 Å². The Morgan fingerprint density at radius 2 is 1.95 bits per heavy atom. The van der Waals surface area contributed by atoms with E-state index in [1.54, 1.807) is 0 Å². The van der Waals surface area contributed by atoms with Gasteiger partial charge < -0.3 is 4.90 Å². The molecule has 0 N–H and O–H groups in total. The Morgan fingerprint density at radius 3 is 2.65 bits per heavy atom. The van der Waals surface area contributed by atoms with Gasteiger partial charge in [0.2, 0.25) is 0 Å². The average molecular weight is 286 g/mol. The molecule has 2 heterocycles. The van der Waals surface area contributed by atoms with Crippen molar-refractivity contribution in [3.05, 3.63) is 40.8 Å². The van der Waals surface area contributed by atoms with E-state index in [0.717, 1.165) is 34.6 Å².